The van der Waals surface area contributed by atoms with Crippen LogP contribution in [0.2, 0.25) is 0 Å². The van der Waals surface area contributed by atoms with Crippen LogP contribution in [0.4, 0.5) is 0 Å². The summed E-state index contributed by atoms with van der Waals surface area (Å²) in [5, 5.41) is 14.6. The molecule has 0 spiro atoms. The largest absolute Gasteiger partial charge is 0.386 e. The highest BCUT2D eigenvalue weighted by molar-refractivity contribution is 9.10. The second kappa shape index (κ2) is 9.97. The van der Waals surface area contributed by atoms with Gasteiger partial charge in [-0.25, -0.2) is 0 Å². The Balaban J connectivity index is 2.46. The maximum atomic E-state index is 11.8. The molecule has 0 saturated heterocycles. The Labute approximate surface area is 133 Å². The molecule has 0 heterocycles. The minimum absolute atomic E-state index is 0.0551. The van der Waals surface area contributed by atoms with Gasteiger partial charge in [-0.15, -0.1) is 0 Å². The van der Waals surface area contributed by atoms with Crippen LogP contribution in [0.1, 0.15) is 12.0 Å². The van der Waals surface area contributed by atoms with Gasteiger partial charge in [-0.3, -0.25) is 4.79 Å². The van der Waals surface area contributed by atoms with E-state index in [1.54, 1.807) is 7.11 Å². The lowest BCUT2D eigenvalue weighted by molar-refractivity contribution is -0.117. The van der Waals surface area contributed by atoms with Crippen LogP contribution in [-0.4, -0.2) is 26.2 Å². The summed E-state index contributed by atoms with van der Waals surface area (Å²) >= 11 is 3.44. The highest BCUT2D eigenvalue weighted by Crippen LogP contribution is 2.15. The SMILES string of the molecule is COCCCNC(=O)/C(C#N)=C\NCc1ccccc1Br. The molecule has 0 fully saturated rings. The molecule has 0 radical (unpaired) electrons. The summed E-state index contributed by atoms with van der Waals surface area (Å²) in [6.45, 7) is 1.59. The zero-order chi connectivity index (χ0) is 15.5. The van der Waals surface area contributed by atoms with E-state index in [4.69, 9.17) is 10.00 Å². The first-order valence-corrected chi connectivity index (χ1v) is 7.32. The van der Waals surface area contributed by atoms with E-state index in [0.717, 1.165) is 10.0 Å². The molecule has 0 atom stereocenters. The molecule has 0 unspecified atom stereocenters. The molecule has 6 heteroatoms. The zero-order valence-corrected chi connectivity index (χ0v) is 13.4. The van der Waals surface area contributed by atoms with Gasteiger partial charge in [0.1, 0.15) is 11.6 Å². The molecule has 112 valence electrons. The number of nitrogens with one attached hydrogen (secondary N) is 2. The summed E-state index contributed by atoms with van der Waals surface area (Å²) < 4.78 is 5.87. The van der Waals surface area contributed by atoms with E-state index < -0.39 is 0 Å². The first kappa shape index (κ1) is 17.2. The maximum absolute atomic E-state index is 11.8. The number of carbonyl (C=O) groups excluding carboxylic acids is 1. The Hall–Kier alpha value is -1.84. The van der Waals surface area contributed by atoms with Gasteiger partial charge in [0.15, 0.2) is 0 Å². The number of hydrogen-bond acceptors (Lipinski definition) is 4. The number of amides is 1. The smallest absolute Gasteiger partial charge is 0.263 e. The number of ether oxygens (including phenoxy) is 1. The van der Waals surface area contributed by atoms with Gasteiger partial charge < -0.3 is 15.4 Å². The second-order valence-electron chi connectivity index (χ2n) is 4.24. The van der Waals surface area contributed by atoms with Crippen molar-refractivity contribution in [3.8, 4) is 6.07 Å². The normalized spacial score (nSPS) is 10.8. The predicted molar refractivity (Wildman–Crippen MR) is 84.2 cm³/mol. The maximum Gasteiger partial charge on any atom is 0.263 e. The van der Waals surface area contributed by atoms with Crippen LogP contribution in [0.5, 0.6) is 0 Å². The van der Waals surface area contributed by atoms with Gasteiger partial charge in [-0.2, -0.15) is 5.26 Å². The quantitative estimate of drug-likeness (QED) is 0.427. The molecule has 1 amide bonds. The van der Waals surface area contributed by atoms with Crippen LogP contribution in [0.3, 0.4) is 0 Å². The number of methoxy groups -OCH3 is 1. The highest BCUT2D eigenvalue weighted by Gasteiger charge is 2.07. The van der Waals surface area contributed by atoms with Crippen LogP contribution in [0.15, 0.2) is 40.5 Å². The van der Waals surface area contributed by atoms with Crippen molar-refractivity contribution in [2.24, 2.45) is 0 Å². The summed E-state index contributed by atoms with van der Waals surface area (Å²) in [4.78, 5) is 11.8. The van der Waals surface area contributed by atoms with Crippen molar-refractivity contribution in [2.45, 2.75) is 13.0 Å². The van der Waals surface area contributed by atoms with Gasteiger partial charge >= 0.3 is 0 Å². The van der Waals surface area contributed by atoms with E-state index in [-0.39, 0.29) is 11.5 Å². The van der Waals surface area contributed by atoms with Crippen LogP contribution >= 0.6 is 15.9 Å². The molecule has 0 saturated carbocycles. The molecular weight excluding hydrogens is 334 g/mol. The molecule has 2 N–H and O–H groups in total. The number of benzene rings is 1. The van der Waals surface area contributed by atoms with E-state index in [1.165, 1.54) is 6.20 Å². The molecule has 5 nitrogen and oxygen atoms in total. The average molecular weight is 352 g/mol. The second-order valence-corrected chi connectivity index (χ2v) is 5.10. The summed E-state index contributed by atoms with van der Waals surface area (Å²) in [7, 11) is 1.61. The van der Waals surface area contributed by atoms with E-state index in [2.05, 4.69) is 26.6 Å². The zero-order valence-electron chi connectivity index (χ0n) is 11.9. The van der Waals surface area contributed by atoms with Gasteiger partial charge in [0.05, 0.1) is 0 Å². The van der Waals surface area contributed by atoms with E-state index in [0.29, 0.717) is 26.1 Å². The number of halogens is 1. The fraction of sp³-hybridized carbons (Fsp3) is 0.333. The summed E-state index contributed by atoms with van der Waals surface area (Å²) in [5.74, 6) is -0.381. The molecule has 0 aliphatic carbocycles. The Kier molecular flexibility index (Phi) is 8.17. The average Bonchev–Trinajstić information content (AvgIpc) is 2.49. The highest BCUT2D eigenvalue weighted by atomic mass is 79.9. The topological polar surface area (TPSA) is 74.1 Å². The van der Waals surface area contributed by atoms with Crippen molar-refractivity contribution >= 4 is 21.8 Å². The lowest BCUT2D eigenvalue weighted by Gasteiger charge is -2.06. The molecule has 0 aromatic heterocycles. The first-order chi connectivity index (χ1) is 10.2. The molecule has 0 bridgehead atoms. The first-order valence-electron chi connectivity index (χ1n) is 6.53. The summed E-state index contributed by atoms with van der Waals surface area (Å²) in [5.41, 5.74) is 1.10. The lowest BCUT2D eigenvalue weighted by Crippen LogP contribution is -2.27. The van der Waals surface area contributed by atoms with Crippen LogP contribution in [0.25, 0.3) is 0 Å². The molecule has 0 aliphatic rings. The Morgan fingerprint density at radius 3 is 2.90 bits per heavy atom. The number of carbonyl (C=O) groups is 1. The van der Waals surface area contributed by atoms with E-state index in [9.17, 15) is 4.79 Å². The third kappa shape index (κ3) is 6.43. The Morgan fingerprint density at radius 2 is 2.24 bits per heavy atom. The molecular formula is C15H18BrN3O2. The van der Waals surface area contributed by atoms with Gasteiger partial charge in [0.25, 0.3) is 5.91 Å². The third-order valence-electron chi connectivity index (χ3n) is 2.67. The number of rotatable bonds is 8. The standard InChI is InChI=1S/C15H18BrN3O2/c1-21-8-4-7-19-15(20)13(9-17)11-18-10-12-5-2-3-6-14(12)16/h2-3,5-6,11,18H,4,7-8,10H2,1H3,(H,19,20)/b13-11-. The van der Waals surface area contributed by atoms with Gasteiger partial charge in [-0.1, -0.05) is 34.1 Å². The van der Waals surface area contributed by atoms with Crippen LogP contribution in [0, 0.1) is 11.3 Å². The third-order valence-corrected chi connectivity index (χ3v) is 3.45. The van der Waals surface area contributed by atoms with Gasteiger partial charge in [0.2, 0.25) is 0 Å². The van der Waals surface area contributed by atoms with Crippen molar-refractivity contribution in [1.82, 2.24) is 10.6 Å². The van der Waals surface area contributed by atoms with Crippen molar-refractivity contribution in [3.63, 3.8) is 0 Å². The van der Waals surface area contributed by atoms with Gasteiger partial charge in [-0.05, 0) is 18.1 Å². The van der Waals surface area contributed by atoms with Crippen molar-refractivity contribution in [3.05, 3.63) is 46.1 Å². The van der Waals surface area contributed by atoms with Crippen molar-refractivity contribution in [1.29, 1.82) is 5.26 Å². The lowest BCUT2D eigenvalue weighted by atomic mass is 10.2. The van der Waals surface area contributed by atoms with Crippen molar-refractivity contribution < 1.29 is 9.53 Å². The molecule has 1 aromatic rings. The fourth-order valence-corrected chi connectivity index (χ4v) is 1.99. The monoisotopic (exact) mass is 351 g/mol. The molecule has 21 heavy (non-hydrogen) atoms. The molecule has 1 aromatic carbocycles. The van der Waals surface area contributed by atoms with E-state index >= 15 is 0 Å². The summed E-state index contributed by atoms with van der Waals surface area (Å²) in [6.07, 6.45) is 2.15. The van der Waals surface area contributed by atoms with Crippen molar-refractivity contribution in [2.75, 3.05) is 20.3 Å². The minimum atomic E-state index is -0.381. The number of nitriles is 1. The molecule has 1 rings (SSSR count). The fourth-order valence-electron chi connectivity index (χ4n) is 1.57. The van der Waals surface area contributed by atoms with Crippen LogP contribution in [-0.2, 0) is 16.1 Å². The molecule has 0 aliphatic heterocycles. The number of nitrogens with zero attached hydrogens (tertiary/aromatic N) is 1. The van der Waals surface area contributed by atoms with Crippen LogP contribution < -0.4 is 10.6 Å². The predicted octanol–water partition coefficient (Wildman–Crippen LogP) is 2.10. The number of hydrogen-bond donors (Lipinski definition) is 2. The van der Waals surface area contributed by atoms with E-state index in [1.807, 2.05) is 30.3 Å². The minimum Gasteiger partial charge on any atom is -0.386 e. The Bertz CT molecular complexity index is 538. The summed E-state index contributed by atoms with van der Waals surface area (Å²) in [6, 6.07) is 9.64. The van der Waals surface area contributed by atoms with Gasteiger partial charge in [0, 0.05) is 37.5 Å². The Morgan fingerprint density at radius 1 is 1.48 bits per heavy atom.